The Labute approximate surface area is 82.1 Å². The first-order valence-corrected chi connectivity index (χ1v) is 3.69. The van der Waals surface area contributed by atoms with Gasteiger partial charge in [-0.2, -0.15) is 0 Å². The van der Waals surface area contributed by atoms with Gasteiger partial charge in [-0.3, -0.25) is 4.79 Å². The minimum Gasteiger partial charge on any atom is -0.504 e. The van der Waals surface area contributed by atoms with E-state index in [0.717, 1.165) is 12.1 Å². The number of aromatic hydroxyl groups is 1. The van der Waals surface area contributed by atoms with Crippen molar-refractivity contribution in [3.63, 3.8) is 0 Å². The SMILES string of the molecule is NC(=O)c1cccc(O)c1OC(F)(F)F. The highest BCUT2D eigenvalue weighted by Crippen LogP contribution is 2.34. The molecule has 1 aromatic carbocycles. The number of nitrogens with two attached hydrogens (primary N) is 1. The molecular weight excluding hydrogens is 215 g/mol. The third-order valence-electron chi connectivity index (χ3n) is 1.48. The summed E-state index contributed by atoms with van der Waals surface area (Å²) in [6.07, 6.45) is -5.00. The second-order valence-corrected chi connectivity index (χ2v) is 2.57. The molecule has 0 unspecified atom stereocenters. The zero-order chi connectivity index (χ0) is 11.6. The van der Waals surface area contributed by atoms with Gasteiger partial charge >= 0.3 is 6.36 Å². The average molecular weight is 221 g/mol. The van der Waals surface area contributed by atoms with E-state index in [1.165, 1.54) is 6.07 Å². The fourth-order valence-corrected chi connectivity index (χ4v) is 0.942. The molecule has 0 fully saturated rings. The number of halogens is 3. The molecule has 4 nitrogen and oxygen atoms in total. The summed E-state index contributed by atoms with van der Waals surface area (Å²) in [5.74, 6) is -2.91. The number of rotatable bonds is 2. The third kappa shape index (κ3) is 2.76. The predicted molar refractivity (Wildman–Crippen MR) is 43.3 cm³/mol. The Morgan fingerprint density at radius 3 is 2.47 bits per heavy atom. The molecule has 0 spiro atoms. The monoisotopic (exact) mass is 221 g/mol. The Kier molecular flexibility index (Phi) is 2.74. The quantitative estimate of drug-likeness (QED) is 0.792. The molecule has 0 aliphatic heterocycles. The lowest BCUT2D eigenvalue weighted by molar-refractivity contribution is -0.275. The van der Waals surface area contributed by atoms with E-state index in [9.17, 15) is 18.0 Å². The lowest BCUT2D eigenvalue weighted by atomic mass is 10.2. The molecule has 0 saturated carbocycles. The number of ether oxygens (including phenoxy) is 1. The predicted octanol–water partition coefficient (Wildman–Crippen LogP) is 1.39. The van der Waals surface area contributed by atoms with Crippen molar-refractivity contribution in [2.45, 2.75) is 6.36 Å². The number of hydrogen-bond donors (Lipinski definition) is 2. The molecular formula is C8H6F3NO3. The Morgan fingerprint density at radius 2 is 2.00 bits per heavy atom. The molecule has 0 aliphatic carbocycles. The van der Waals surface area contributed by atoms with Crippen LogP contribution in [-0.4, -0.2) is 17.4 Å². The van der Waals surface area contributed by atoms with E-state index in [1.807, 2.05) is 0 Å². The first kappa shape index (κ1) is 11.2. The van der Waals surface area contributed by atoms with Crippen LogP contribution in [-0.2, 0) is 0 Å². The summed E-state index contributed by atoms with van der Waals surface area (Å²) < 4.78 is 39.1. The second-order valence-electron chi connectivity index (χ2n) is 2.57. The minimum absolute atomic E-state index is 0.535. The molecule has 15 heavy (non-hydrogen) atoms. The van der Waals surface area contributed by atoms with Gasteiger partial charge in [-0.25, -0.2) is 0 Å². The maximum Gasteiger partial charge on any atom is 0.573 e. The van der Waals surface area contributed by atoms with Crippen LogP contribution in [0.4, 0.5) is 13.2 Å². The smallest absolute Gasteiger partial charge is 0.504 e. The summed E-state index contributed by atoms with van der Waals surface area (Å²) in [7, 11) is 0. The lowest BCUT2D eigenvalue weighted by Gasteiger charge is -2.12. The molecule has 3 N–H and O–H groups in total. The Bertz CT molecular complexity index is 389. The fourth-order valence-electron chi connectivity index (χ4n) is 0.942. The molecule has 0 saturated heterocycles. The molecule has 0 heterocycles. The molecule has 0 radical (unpaired) electrons. The van der Waals surface area contributed by atoms with Gasteiger partial charge in [0.15, 0.2) is 11.5 Å². The zero-order valence-electron chi connectivity index (χ0n) is 7.21. The molecule has 1 amide bonds. The van der Waals surface area contributed by atoms with Crippen LogP contribution in [0, 0.1) is 0 Å². The van der Waals surface area contributed by atoms with Crippen LogP contribution in [0.3, 0.4) is 0 Å². The highest BCUT2D eigenvalue weighted by Gasteiger charge is 2.34. The van der Waals surface area contributed by atoms with Gasteiger partial charge < -0.3 is 15.6 Å². The standard InChI is InChI=1S/C8H6F3NO3/c9-8(10,11)15-6-4(7(12)14)2-1-3-5(6)13/h1-3,13H,(H2,12,14). The van der Waals surface area contributed by atoms with Gasteiger partial charge in [-0.15, -0.1) is 13.2 Å². The number of carbonyl (C=O) groups excluding carboxylic acids is 1. The molecule has 7 heteroatoms. The van der Waals surface area contributed by atoms with Crippen LogP contribution in [0.25, 0.3) is 0 Å². The third-order valence-corrected chi connectivity index (χ3v) is 1.48. The number of amides is 1. The van der Waals surface area contributed by atoms with E-state index in [1.54, 1.807) is 0 Å². The van der Waals surface area contributed by atoms with Crippen molar-refractivity contribution in [1.82, 2.24) is 0 Å². The highest BCUT2D eigenvalue weighted by atomic mass is 19.4. The van der Waals surface area contributed by atoms with E-state index in [2.05, 4.69) is 4.74 Å². The van der Waals surface area contributed by atoms with Gasteiger partial charge in [0.25, 0.3) is 5.91 Å². The summed E-state index contributed by atoms with van der Waals surface area (Å²) in [6, 6.07) is 3.15. The molecule has 0 atom stereocenters. The van der Waals surface area contributed by atoms with Crippen LogP contribution in [0.5, 0.6) is 11.5 Å². The molecule has 0 bridgehead atoms. The van der Waals surface area contributed by atoms with Crippen molar-refractivity contribution in [3.8, 4) is 11.5 Å². The largest absolute Gasteiger partial charge is 0.573 e. The molecule has 82 valence electrons. The second kappa shape index (κ2) is 3.68. The molecule has 1 rings (SSSR count). The number of primary amides is 1. The number of carbonyl (C=O) groups is 1. The Morgan fingerprint density at radius 1 is 1.40 bits per heavy atom. The summed E-state index contributed by atoms with van der Waals surface area (Å²) in [4.78, 5) is 10.7. The Hall–Kier alpha value is -1.92. The number of para-hydroxylation sites is 1. The number of phenols is 1. The van der Waals surface area contributed by atoms with Crippen LogP contribution in [0.15, 0.2) is 18.2 Å². The van der Waals surface area contributed by atoms with E-state index in [0.29, 0.717) is 0 Å². The number of hydrogen-bond acceptors (Lipinski definition) is 3. The van der Waals surface area contributed by atoms with Gasteiger partial charge in [0.2, 0.25) is 0 Å². The molecule has 0 aromatic heterocycles. The van der Waals surface area contributed by atoms with Crippen LogP contribution < -0.4 is 10.5 Å². The van der Waals surface area contributed by atoms with Crippen LogP contribution in [0.1, 0.15) is 10.4 Å². The zero-order valence-corrected chi connectivity index (χ0v) is 7.21. The first-order chi connectivity index (χ1) is 6.81. The van der Waals surface area contributed by atoms with Gasteiger partial charge in [0.1, 0.15) is 0 Å². The highest BCUT2D eigenvalue weighted by molar-refractivity contribution is 5.96. The maximum absolute atomic E-state index is 11.9. The van der Waals surface area contributed by atoms with Crippen LogP contribution in [0.2, 0.25) is 0 Å². The van der Waals surface area contributed by atoms with E-state index in [4.69, 9.17) is 10.8 Å². The minimum atomic E-state index is -5.00. The van der Waals surface area contributed by atoms with Crippen molar-refractivity contribution in [2.75, 3.05) is 0 Å². The van der Waals surface area contributed by atoms with Crippen molar-refractivity contribution < 1.29 is 27.8 Å². The normalized spacial score (nSPS) is 11.1. The summed E-state index contributed by atoms with van der Waals surface area (Å²) >= 11 is 0. The fraction of sp³-hybridized carbons (Fsp3) is 0.125. The van der Waals surface area contributed by atoms with Crippen molar-refractivity contribution in [3.05, 3.63) is 23.8 Å². The molecule has 1 aromatic rings. The number of alkyl halides is 3. The van der Waals surface area contributed by atoms with Gasteiger partial charge in [0, 0.05) is 0 Å². The topological polar surface area (TPSA) is 72.6 Å². The van der Waals surface area contributed by atoms with Crippen molar-refractivity contribution >= 4 is 5.91 Å². The summed E-state index contributed by atoms with van der Waals surface area (Å²) in [6.45, 7) is 0. The number of phenolic OH excluding ortho intramolecular Hbond substituents is 1. The van der Waals surface area contributed by atoms with Gasteiger partial charge in [-0.1, -0.05) is 6.07 Å². The Balaban J connectivity index is 3.19. The van der Waals surface area contributed by atoms with E-state index < -0.39 is 29.3 Å². The van der Waals surface area contributed by atoms with Crippen molar-refractivity contribution in [2.24, 2.45) is 5.73 Å². The van der Waals surface area contributed by atoms with E-state index in [-0.39, 0.29) is 0 Å². The maximum atomic E-state index is 11.9. The van der Waals surface area contributed by atoms with Crippen molar-refractivity contribution in [1.29, 1.82) is 0 Å². The summed E-state index contributed by atoms with van der Waals surface area (Å²) in [5.41, 5.74) is 4.27. The average Bonchev–Trinajstić information content (AvgIpc) is 2.05. The van der Waals surface area contributed by atoms with Crippen LogP contribution >= 0.6 is 0 Å². The molecule has 0 aliphatic rings. The summed E-state index contributed by atoms with van der Waals surface area (Å²) in [5, 5.41) is 9.07. The lowest BCUT2D eigenvalue weighted by Crippen LogP contribution is -2.21. The van der Waals surface area contributed by atoms with E-state index >= 15 is 0 Å². The van der Waals surface area contributed by atoms with Gasteiger partial charge in [0.05, 0.1) is 5.56 Å². The van der Waals surface area contributed by atoms with Gasteiger partial charge in [-0.05, 0) is 12.1 Å². The first-order valence-electron chi connectivity index (χ1n) is 3.69. The number of benzene rings is 1.